The smallest absolute Gasteiger partial charge is 0.255 e. The predicted octanol–water partition coefficient (Wildman–Crippen LogP) is 1.06. The van der Waals surface area contributed by atoms with Crippen LogP contribution in [0.5, 0.6) is 0 Å². The lowest BCUT2D eigenvalue weighted by Crippen LogP contribution is -2.60. The van der Waals surface area contributed by atoms with Crippen LogP contribution in [-0.2, 0) is 16.1 Å². The molecular weight excluding hydrogens is 380 g/mol. The fraction of sp³-hybridized carbons (Fsp3) is 0.550. The average Bonchev–Trinajstić information content (AvgIpc) is 2.96. The molecule has 1 aromatic rings. The number of carbonyl (C=O) groups excluding carboxylic acids is 3. The van der Waals surface area contributed by atoms with E-state index in [0.29, 0.717) is 23.9 Å². The number of carbonyl (C=O) groups is 3. The maximum atomic E-state index is 12.9. The minimum absolute atomic E-state index is 0. The molecule has 4 heterocycles. The summed E-state index contributed by atoms with van der Waals surface area (Å²) in [6.45, 7) is 4.74. The molecule has 0 saturated carbocycles. The Hall–Kier alpha value is -2.12. The van der Waals surface area contributed by atoms with E-state index >= 15 is 0 Å². The third kappa shape index (κ3) is 3.06. The van der Waals surface area contributed by atoms with Gasteiger partial charge in [0.05, 0.1) is 0 Å². The van der Waals surface area contributed by atoms with Gasteiger partial charge in [-0.1, -0.05) is 6.07 Å². The second-order valence-corrected chi connectivity index (χ2v) is 8.35. The van der Waals surface area contributed by atoms with Crippen LogP contribution in [0, 0.1) is 5.41 Å². The number of fused-ring (bicyclic) bond motifs is 1. The number of benzene rings is 1. The van der Waals surface area contributed by atoms with E-state index in [1.807, 2.05) is 12.1 Å². The fourth-order valence-electron chi connectivity index (χ4n) is 4.96. The van der Waals surface area contributed by atoms with E-state index in [1.54, 1.807) is 4.90 Å². The summed E-state index contributed by atoms with van der Waals surface area (Å²) in [5, 5.41) is 5.77. The zero-order valence-corrected chi connectivity index (χ0v) is 16.5. The van der Waals surface area contributed by atoms with Crippen LogP contribution < -0.4 is 15.5 Å². The van der Waals surface area contributed by atoms with E-state index in [1.165, 1.54) is 12.8 Å². The molecule has 4 aliphatic rings. The Balaban J connectivity index is 0.00000192. The summed E-state index contributed by atoms with van der Waals surface area (Å²) >= 11 is 0. The summed E-state index contributed by atoms with van der Waals surface area (Å²) < 4.78 is 0. The predicted molar refractivity (Wildman–Crippen MR) is 106 cm³/mol. The maximum absolute atomic E-state index is 12.9. The minimum atomic E-state index is -0.548. The molecule has 3 saturated heterocycles. The van der Waals surface area contributed by atoms with Crippen molar-refractivity contribution in [2.75, 3.05) is 31.1 Å². The maximum Gasteiger partial charge on any atom is 0.255 e. The van der Waals surface area contributed by atoms with E-state index in [-0.39, 0.29) is 36.5 Å². The van der Waals surface area contributed by atoms with Gasteiger partial charge in [-0.15, -0.1) is 12.4 Å². The van der Waals surface area contributed by atoms with Crippen molar-refractivity contribution in [3.8, 4) is 0 Å². The van der Waals surface area contributed by atoms with Gasteiger partial charge in [0.2, 0.25) is 11.8 Å². The number of imide groups is 1. The summed E-state index contributed by atoms with van der Waals surface area (Å²) in [6, 6.07) is 5.54. The molecule has 4 aliphatic heterocycles. The first-order valence-corrected chi connectivity index (χ1v) is 9.78. The van der Waals surface area contributed by atoms with E-state index < -0.39 is 6.04 Å². The molecule has 2 N–H and O–H groups in total. The van der Waals surface area contributed by atoms with E-state index in [2.05, 4.69) is 21.6 Å². The molecule has 5 rings (SSSR count). The summed E-state index contributed by atoms with van der Waals surface area (Å²) in [7, 11) is 0. The van der Waals surface area contributed by atoms with Gasteiger partial charge in [-0.25, -0.2) is 0 Å². The van der Waals surface area contributed by atoms with Crippen LogP contribution in [-0.4, -0.2) is 54.8 Å². The van der Waals surface area contributed by atoms with Crippen molar-refractivity contribution in [3.05, 3.63) is 29.3 Å². The van der Waals surface area contributed by atoms with E-state index in [4.69, 9.17) is 0 Å². The van der Waals surface area contributed by atoms with Crippen molar-refractivity contribution < 1.29 is 14.4 Å². The number of nitrogens with one attached hydrogen (secondary N) is 2. The monoisotopic (exact) mass is 404 g/mol. The molecule has 0 bridgehead atoms. The number of amides is 3. The SMILES string of the molecule is Cl.O=C1CCC(N2Cc3ccc(N4CC5(CCNCC5)C4)cc3C2=O)C(=O)N1. The minimum Gasteiger partial charge on any atom is -0.370 e. The Morgan fingerprint density at radius 1 is 1.07 bits per heavy atom. The van der Waals surface area contributed by atoms with Crippen molar-refractivity contribution in [2.24, 2.45) is 5.41 Å². The molecule has 28 heavy (non-hydrogen) atoms. The van der Waals surface area contributed by atoms with Crippen molar-refractivity contribution >= 4 is 35.8 Å². The molecule has 7 nitrogen and oxygen atoms in total. The Morgan fingerprint density at radius 2 is 1.82 bits per heavy atom. The molecule has 1 spiro atoms. The Bertz CT molecular complexity index is 829. The molecule has 0 radical (unpaired) electrons. The molecule has 1 unspecified atom stereocenters. The van der Waals surface area contributed by atoms with Gasteiger partial charge in [0.15, 0.2) is 0 Å². The number of nitrogens with zero attached hydrogens (tertiary/aromatic N) is 2. The van der Waals surface area contributed by atoms with Crippen LogP contribution in [0.1, 0.15) is 41.6 Å². The van der Waals surface area contributed by atoms with Crippen LogP contribution in [0.3, 0.4) is 0 Å². The zero-order valence-electron chi connectivity index (χ0n) is 15.7. The Kier molecular flexibility index (Phi) is 4.83. The van der Waals surface area contributed by atoms with Gasteiger partial charge in [-0.05, 0) is 50.0 Å². The van der Waals surface area contributed by atoms with Crippen LogP contribution in [0.2, 0.25) is 0 Å². The first-order chi connectivity index (χ1) is 13.0. The lowest BCUT2D eigenvalue weighted by molar-refractivity contribution is -0.136. The first kappa shape index (κ1) is 19.2. The van der Waals surface area contributed by atoms with Crippen LogP contribution in [0.25, 0.3) is 0 Å². The zero-order chi connectivity index (χ0) is 18.6. The highest BCUT2D eigenvalue weighted by molar-refractivity contribution is 6.05. The van der Waals surface area contributed by atoms with E-state index in [9.17, 15) is 14.4 Å². The molecule has 3 amide bonds. The topological polar surface area (TPSA) is 81.8 Å². The Labute approximate surface area is 170 Å². The van der Waals surface area contributed by atoms with Gasteiger partial charge in [0.25, 0.3) is 5.91 Å². The van der Waals surface area contributed by atoms with E-state index in [0.717, 1.165) is 37.4 Å². The summed E-state index contributed by atoms with van der Waals surface area (Å²) in [4.78, 5) is 40.4. The highest BCUT2D eigenvalue weighted by Gasteiger charge is 2.44. The van der Waals surface area contributed by atoms with Gasteiger partial charge in [0, 0.05) is 42.7 Å². The van der Waals surface area contributed by atoms with Gasteiger partial charge >= 0.3 is 0 Å². The van der Waals surface area contributed by atoms with Crippen LogP contribution in [0.15, 0.2) is 18.2 Å². The van der Waals surface area contributed by atoms with Crippen molar-refractivity contribution in [1.29, 1.82) is 0 Å². The number of halogens is 1. The number of hydrogen-bond donors (Lipinski definition) is 2. The molecule has 8 heteroatoms. The third-order valence-electron chi connectivity index (χ3n) is 6.59. The number of rotatable bonds is 2. The largest absolute Gasteiger partial charge is 0.370 e. The lowest BCUT2D eigenvalue weighted by Gasteiger charge is -2.53. The first-order valence-electron chi connectivity index (χ1n) is 9.78. The van der Waals surface area contributed by atoms with Crippen molar-refractivity contribution in [2.45, 2.75) is 38.3 Å². The Morgan fingerprint density at radius 3 is 2.54 bits per heavy atom. The van der Waals surface area contributed by atoms with Gasteiger partial charge in [0.1, 0.15) is 6.04 Å². The second-order valence-electron chi connectivity index (χ2n) is 8.35. The van der Waals surface area contributed by atoms with Crippen LogP contribution in [0.4, 0.5) is 5.69 Å². The molecule has 3 fully saturated rings. The third-order valence-corrected chi connectivity index (χ3v) is 6.59. The van der Waals surface area contributed by atoms with Gasteiger partial charge in [-0.2, -0.15) is 0 Å². The molecule has 0 aromatic heterocycles. The molecular formula is C20H25ClN4O3. The quantitative estimate of drug-likeness (QED) is 0.720. The fourth-order valence-corrected chi connectivity index (χ4v) is 4.96. The van der Waals surface area contributed by atoms with Crippen molar-refractivity contribution in [1.82, 2.24) is 15.5 Å². The standard InChI is InChI=1S/C20H24N4O3.ClH/c25-17-4-3-16(18(26)22-17)24-10-13-1-2-14(9-15(13)19(24)27)23-11-20(12-23)5-7-21-8-6-20;/h1-2,9,16,21H,3-8,10-12H2,(H,22,25,26);1H. The molecule has 1 aromatic carbocycles. The summed E-state index contributed by atoms with van der Waals surface area (Å²) in [5.41, 5.74) is 3.19. The normalized spacial score (nSPS) is 25.9. The summed E-state index contributed by atoms with van der Waals surface area (Å²) in [5.74, 6) is -0.714. The molecule has 1 atom stereocenters. The molecule has 0 aliphatic carbocycles. The van der Waals surface area contributed by atoms with Gasteiger partial charge < -0.3 is 15.1 Å². The highest BCUT2D eigenvalue weighted by Crippen LogP contribution is 2.42. The number of hydrogen-bond acceptors (Lipinski definition) is 5. The molecule has 150 valence electrons. The van der Waals surface area contributed by atoms with Crippen LogP contribution >= 0.6 is 12.4 Å². The highest BCUT2D eigenvalue weighted by atomic mass is 35.5. The number of anilines is 1. The number of piperidine rings is 2. The lowest BCUT2D eigenvalue weighted by atomic mass is 9.72. The van der Waals surface area contributed by atoms with Crippen molar-refractivity contribution in [3.63, 3.8) is 0 Å². The average molecular weight is 405 g/mol. The van der Waals surface area contributed by atoms with Gasteiger partial charge in [-0.3, -0.25) is 19.7 Å². The second kappa shape index (κ2) is 7.04. The summed E-state index contributed by atoms with van der Waals surface area (Å²) in [6.07, 6.45) is 3.12.